The molecule has 3 aromatic carbocycles. The standard InChI is InChI=1S/C33H38O4/c1-3-5-22-28-29(24-16-9-6-10-17-24)23-27(15-4-2)30(36-32(34)25-18-11-7-12-19-25)31(28)37-33(35)26-20-13-8-14-21-26/h7-8,11-14,18-21,23-24H,3-6,9-10,15-17,22H2,1-2H3. The average Bonchev–Trinajstić information content (AvgIpc) is 2.95. The van der Waals surface area contributed by atoms with Crippen molar-refractivity contribution in [1.29, 1.82) is 0 Å². The van der Waals surface area contributed by atoms with Gasteiger partial charge in [0.15, 0.2) is 11.5 Å². The SMILES string of the molecule is CCCCc1c(C2CCCCC2)cc(CCC)c(OC(=O)c2ccccc2)c1OC(=O)c1ccccc1. The summed E-state index contributed by atoms with van der Waals surface area (Å²) >= 11 is 0. The molecule has 0 amide bonds. The first-order valence-electron chi connectivity index (χ1n) is 13.8. The van der Waals surface area contributed by atoms with Crippen molar-refractivity contribution in [2.75, 3.05) is 0 Å². The number of unbranched alkanes of at least 4 members (excludes halogenated alkanes) is 1. The number of hydrogen-bond acceptors (Lipinski definition) is 4. The minimum Gasteiger partial charge on any atom is -0.419 e. The number of hydrogen-bond donors (Lipinski definition) is 0. The summed E-state index contributed by atoms with van der Waals surface area (Å²) in [6, 6.07) is 20.3. The Bertz CT molecular complexity index is 1180. The van der Waals surface area contributed by atoms with Crippen molar-refractivity contribution in [2.45, 2.75) is 84.0 Å². The van der Waals surface area contributed by atoms with Gasteiger partial charge in [0, 0.05) is 5.56 Å². The molecule has 1 saturated carbocycles. The predicted octanol–water partition coefficient (Wildman–Crippen LogP) is 8.47. The molecule has 0 aliphatic heterocycles. The average molecular weight is 499 g/mol. The van der Waals surface area contributed by atoms with E-state index in [1.807, 2.05) is 36.4 Å². The normalized spacial score (nSPS) is 13.8. The fourth-order valence-corrected chi connectivity index (χ4v) is 5.27. The molecule has 0 heterocycles. The highest BCUT2D eigenvalue weighted by atomic mass is 16.6. The van der Waals surface area contributed by atoms with E-state index in [2.05, 4.69) is 19.9 Å². The molecule has 4 nitrogen and oxygen atoms in total. The lowest BCUT2D eigenvalue weighted by atomic mass is 9.79. The summed E-state index contributed by atoms with van der Waals surface area (Å²) in [5.74, 6) is 0.383. The molecule has 0 unspecified atom stereocenters. The van der Waals surface area contributed by atoms with Crippen LogP contribution in [0.15, 0.2) is 66.7 Å². The number of ether oxygens (including phenoxy) is 2. The van der Waals surface area contributed by atoms with Crippen molar-refractivity contribution in [2.24, 2.45) is 0 Å². The van der Waals surface area contributed by atoms with Crippen LogP contribution in [0.1, 0.15) is 109 Å². The first kappa shape index (κ1) is 26.7. The molecule has 0 saturated heterocycles. The van der Waals surface area contributed by atoms with Gasteiger partial charge in [0.05, 0.1) is 11.1 Å². The summed E-state index contributed by atoms with van der Waals surface area (Å²) in [5.41, 5.74) is 4.17. The lowest BCUT2D eigenvalue weighted by Crippen LogP contribution is -2.18. The molecule has 0 N–H and O–H groups in total. The maximum atomic E-state index is 13.3. The Morgan fingerprint density at radius 3 is 1.84 bits per heavy atom. The van der Waals surface area contributed by atoms with Gasteiger partial charge in [0.1, 0.15) is 0 Å². The van der Waals surface area contributed by atoms with Gasteiger partial charge >= 0.3 is 11.9 Å². The molecule has 194 valence electrons. The summed E-state index contributed by atoms with van der Waals surface area (Å²) < 4.78 is 12.3. The van der Waals surface area contributed by atoms with E-state index in [1.165, 1.54) is 24.8 Å². The van der Waals surface area contributed by atoms with Gasteiger partial charge in [-0.1, -0.05) is 88.4 Å². The molecule has 4 rings (SSSR count). The zero-order valence-electron chi connectivity index (χ0n) is 22.1. The fraction of sp³-hybridized carbons (Fsp3) is 0.394. The van der Waals surface area contributed by atoms with Gasteiger partial charge in [-0.25, -0.2) is 9.59 Å². The number of benzene rings is 3. The molecule has 1 fully saturated rings. The molecule has 1 aliphatic rings. The van der Waals surface area contributed by atoms with Crippen LogP contribution in [0.25, 0.3) is 0 Å². The van der Waals surface area contributed by atoms with Crippen LogP contribution in [-0.4, -0.2) is 11.9 Å². The first-order chi connectivity index (χ1) is 18.1. The molecule has 0 spiro atoms. The predicted molar refractivity (Wildman–Crippen MR) is 148 cm³/mol. The van der Waals surface area contributed by atoms with Crippen LogP contribution in [-0.2, 0) is 12.8 Å². The van der Waals surface area contributed by atoms with Gasteiger partial charge < -0.3 is 9.47 Å². The topological polar surface area (TPSA) is 52.6 Å². The Morgan fingerprint density at radius 1 is 0.730 bits per heavy atom. The minimum atomic E-state index is -0.443. The van der Waals surface area contributed by atoms with E-state index < -0.39 is 11.9 Å². The number of rotatable bonds is 10. The molecular weight excluding hydrogens is 460 g/mol. The molecule has 37 heavy (non-hydrogen) atoms. The van der Waals surface area contributed by atoms with Gasteiger partial charge in [0.2, 0.25) is 0 Å². The zero-order valence-corrected chi connectivity index (χ0v) is 22.1. The molecule has 0 aromatic heterocycles. The Balaban J connectivity index is 1.86. The lowest BCUT2D eigenvalue weighted by Gasteiger charge is -2.28. The highest BCUT2D eigenvalue weighted by Crippen LogP contribution is 2.45. The van der Waals surface area contributed by atoms with E-state index in [9.17, 15) is 9.59 Å². The molecular formula is C33H38O4. The quantitative estimate of drug-likeness (QED) is 0.208. The zero-order chi connectivity index (χ0) is 26.0. The number of carbonyl (C=O) groups is 2. The van der Waals surface area contributed by atoms with E-state index >= 15 is 0 Å². The van der Waals surface area contributed by atoms with Gasteiger partial charge in [-0.2, -0.15) is 0 Å². The monoisotopic (exact) mass is 498 g/mol. The molecule has 0 bridgehead atoms. The second-order valence-corrected chi connectivity index (χ2v) is 9.96. The molecule has 4 heteroatoms. The first-order valence-corrected chi connectivity index (χ1v) is 13.8. The second kappa shape index (κ2) is 13.2. The Labute approximate surface area is 221 Å². The Morgan fingerprint density at radius 2 is 1.30 bits per heavy atom. The smallest absolute Gasteiger partial charge is 0.343 e. The van der Waals surface area contributed by atoms with Gasteiger partial charge in [-0.3, -0.25) is 0 Å². The van der Waals surface area contributed by atoms with Crippen LogP contribution in [0.2, 0.25) is 0 Å². The Kier molecular flexibility index (Phi) is 9.53. The van der Waals surface area contributed by atoms with E-state index in [0.717, 1.165) is 56.1 Å². The minimum absolute atomic E-state index is 0.394. The molecule has 0 atom stereocenters. The summed E-state index contributed by atoms with van der Waals surface area (Å²) in [4.78, 5) is 26.6. The maximum absolute atomic E-state index is 13.3. The van der Waals surface area contributed by atoms with Crippen molar-refractivity contribution >= 4 is 11.9 Å². The molecule has 3 aromatic rings. The third-order valence-electron chi connectivity index (χ3n) is 7.20. The lowest BCUT2D eigenvalue weighted by molar-refractivity contribution is 0.0679. The van der Waals surface area contributed by atoms with Crippen LogP contribution in [0.3, 0.4) is 0 Å². The van der Waals surface area contributed by atoms with Crippen LogP contribution >= 0.6 is 0 Å². The van der Waals surface area contributed by atoms with E-state index in [-0.39, 0.29) is 0 Å². The van der Waals surface area contributed by atoms with E-state index in [0.29, 0.717) is 28.5 Å². The van der Waals surface area contributed by atoms with Crippen LogP contribution in [0, 0.1) is 0 Å². The maximum Gasteiger partial charge on any atom is 0.343 e. The van der Waals surface area contributed by atoms with E-state index in [4.69, 9.17) is 9.47 Å². The summed E-state index contributed by atoms with van der Waals surface area (Å²) in [7, 11) is 0. The van der Waals surface area contributed by atoms with Crippen molar-refractivity contribution < 1.29 is 19.1 Å². The highest BCUT2D eigenvalue weighted by Gasteiger charge is 2.29. The third-order valence-corrected chi connectivity index (χ3v) is 7.20. The van der Waals surface area contributed by atoms with Crippen molar-refractivity contribution in [3.05, 3.63) is 94.5 Å². The number of aryl methyl sites for hydroxylation is 1. The summed E-state index contributed by atoms with van der Waals surface area (Å²) in [6.07, 6.45) is 10.4. The van der Waals surface area contributed by atoms with Crippen LogP contribution in [0.4, 0.5) is 0 Å². The highest BCUT2D eigenvalue weighted by molar-refractivity contribution is 5.93. The van der Waals surface area contributed by atoms with E-state index in [1.54, 1.807) is 24.3 Å². The molecule has 1 aliphatic carbocycles. The van der Waals surface area contributed by atoms with Crippen molar-refractivity contribution in [1.82, 2.24) is 0 Å². The van der Waals surface area contributed by atoms with Crippen molar-refractivity contribution in [3.8, 4) is 11.5 Å². The van der Waals surface area contributed by atoms with Gasteiger partial charge in [-0.15, -0.1) is 0 Å². The second-order valence-electron chi connectivity index (χ2n) is 9.96. The van der Waals surface area contributed by atoms with Crippen LogP contribution < -0.4 is 9.47 Å². The van der Waals surface area contributed by atoms with Crippen molar-refractivity contribution in [3.63, 3.8) is 0 Å². The summed E-state index contributed by atoms with van der Waals surface area (Å²) in [5, 5.41) is 0. The fourth-order valence-electron chi connectivity index (χ4n) is 5.27. The molecule has 0 radical (unpaired) electrons. The number of esters is 2. The summed E-state index contributed by atoms with van der Waals surface area (Å²) in [6.45, 7) is 4.28. The van der Waals surface area contributed by atoms with Crippen LogP contribution in [0.5, 0.6) is 11.5 Å². The largest absolute Gasteiger partial charge is 0.419 e. The third kappa shape index (κ3) is 6.68. The van der Waals surface area contributed by atoms with Gasteiger partial charge in [0.25, 0.3) is 0 Å². The van der Waals surface area contributed by atoms with Gasteiger partial charge in [-0.05, 0) is 73.4 Å². The Hall–Kier alpha value is -3.40. The number of carbonyl (C=O) groups excluding carboxylic acids is 2.